The van der Waals surface area contributed by atoms with Gasteiger partial charge in [0.15, 0.2) is 0 Å². The molecule has 0 amide bonds. The number of aliphatic hydroxyl groups is 2. The van der Waals surface area contributed by atoms with Gasteiger partial charge in [0.25, 0.3) is 0 Å². The quantitative estimate of drug-likeness (QED) is 0.0535. The normalized spacial score (nSPS) is 12.1. The number of rotatable bonds is 20. The number of carboxylic acids is 1. The summed E-state index contributed by atoms with van der Waals surface area (Å²) in [5.74, 6) is 0.353. The molecule has 4 aromatic carbocycles. The van der Waals surface area contributed by atoms with Crippen molar-refractivity contribution in [2.24, 2.45) is 4.99 Å². The van der Waals surface area contributed by atoms with Crippen LogP contribution in [0, 0.1) is 25.2 Å². The van der Waals surface area contributed by atoms with Gasteiger partial charge in [0.2, 0.25) is 0 Å². The number of pyridine rings is 2. The Morgan fingerprint density at radius 2 is 1.30 bits per heavy atom. The summed E-state index contributed by atoms with van der Waals surface area (Å²) in [7, 11) is 1.68. The van der Waals surface area contributed by atoms with E-state index >= 15 is 0 Å². The molecule has 6 rings (SSSR count). The topological polar surface area (TPSA) is 189 Å². The van der Waals surface area contributed by atoms with Crippen molar-refractivity contribution in [3.8, 4) is 40.2 Å². The number of nitrogens with zero attached hydrogens (tertiary/aromatic N) is 4. The first-order valence-corrected chi connectivity index (χ1v) is 20.9. The number of aromatic nitrogens is 2. The molecule has 2 heterocycles. The fraction of sp³-hybridized carbons (Fsp3) is 0.245. The summed E-state index contributed by atoms with van der Waals surface area (Å²) < 4.78 is 24.9. The van der Waals surface area contributed by atoms with Crippen LogP contribution in [0.2, 0.25) is 10.0 Å². The second kappa shape index (κ2) is 22.2. The molecule has 0 saturated heterocycles. The van der Waals surface area contributed by atoms with Gasteiger partial charge in [-0.1, -0.05) is 59.6 Å². The molecule has 4 N–H and O–H groups in total. The lowest BCUT2D eigenvalue weighted by atomic mass is 9.92. The lowest BCUT2D eigenvalue weighted by Gasteiger charge is -2.20. The van der Waals surface area contributed by atoms with Gasteiger partial charge in [-0.15, -0.1) is 0 Å². The molecule has 0 spiro atoms. The number of nitriles is 1. The minimum atomic E-state index is -1.22. The highest BCUT2D eigenvalue weighted by Crippen LogP contribution is 2.37. The Labute approximate surface area is 381 Å². The summed E-state index contributed by atoms with van der Waals surface area (Å²) in [6, 6.07) is 23.1. The average Bonchev–Trinajstić information content (AvgIpc) is 3.28. The number of carboxylic acid groups (broad SMARTS) is 1. The smallest absolute Gasteiger partial charge is 0.323 e. The van der Waals surface area contributed by atoms with Crippen molar-refractivity contribution in [2.75, 3.05) is 7.05 Å². The maximum absolute atomic E-state index is 11.8. The molecule has 0 radical (unpaired) electrons. The van der Waals surface area contributed by atoms with Crippen molar-refractivity contribution in [2.45, 2.75) is 72.5 Å². The van der Waals surface area contributed by atoms with Gasteiger partial charge in [-0.2, -0.15) is 5.26 Å². The molecule has 0 bridgehead atoms. The van der Waals surface area contributed by atoms with Crippen molar-refractivity contribution in [1.29, 1.82) is 5.26 Å². The molecule has 0 saturated carbocycles. The van der Waals surface area contributed by atoms with Gasteiger partial charge >= 0.3 is 5.97 Å². The molecule has 0 aliphatic rings. The summed E-state index contributed by atoms with van der Waals surface area (Å²) in [6.07, 6.45) is 7.00. The monoisotopic (exact) mass is 903 g/mol. The van der Waals surface area contributed by atoms with E-state index in [0.717, 1.165) is 44.5 Å². The third-order valence-electron chi connectivity index (χ3n) is 10.4. The zero-order chi connectivity index (χ0) is 45.8. The molecule has 2 atom stereocenters. The second-order valence-electron chi connectivity index (χ2n) is 14.9. The van der Waals surface area contributed by atoms with Crippen molar-refractivity contribution in [1.82, 2.24) is 15.3 Å². The molecule has 6 aromatic rings. The third kappa shape index (κ3) is 11.9. The van der Waals surface area contributed by atoms with E-state index in [1.807, 2.05) is 44.2 Å². The van der Waals surface area contributed by atoms with Crippen LogP contribution in [0.15, 0.2) is 103 Å². The lowest BCUT2D eigenvalue weighted by Crippen LogP contribution is -2.44. The van der Waals surface area contributed by atoms with Crippen molar-refractivity contribution in [3.63, 3.8) is 0 Å². The standard InChI is InChI=1S/C49H47Cl2N5O8/c1-29-36(27-63-46-15-44(61-26-35-12-33(18-53-4)20-55-22-35)38(13-42(46)50)23-56-48(31(3)58)49(59)60)7-5-9-40(29)41-10-6-8-37(30(41)2)28-64-47-16-45(39(24-57)14-43(47)51)62-25-34-11-32(17-52)19-54-21-34/h5-16,18-22,31,48,56-58H,23-28H2,1-4H3,(H,59,60)/t31-,48+/m1/s1. The maximum atomic E-state index is 11.8. The van der Waals surface area contributed by atoms with Gasteiger partial charge in [-0.25, -0.2) is 0 Å². The number of aliphatic imine (C=N–C) groups is 1. The van der Waals surface area contributed by atoms with Crippen LogP contribution in [0.4, 0.5) is 0 Å². The first-order valence-electron chi connectivity index (χ1n) is 20.2. The first-order chi connectivity index (χ1) is 30.9. The highest BCUT2D eigenvalue weighted by atomic mass is 35.5. The molecule has 0 aliphatic heterocycles. The van der Waals surface area contributed by atoms with E-state index in [0.29, 0.717) is 55.3 Å². The fourth-order valence-corrected chi connectivity index (χ4v) is 7.40. The maximum Gasteiger partial charge on any atom is 0.323 e. The average molecular weight is 905 g/mol. The van der Waals surface area contributed by atoms with Crippen LogP contribution in [0.5, 0.6) is 23.0 Å². The van der Waals surface area contributed by atoms with Gasteiger partial charge < -0.3 is 34.3 Å². The molecular weight excluding hydrogens is 857 g/mol. The van der Waals surface area contributed by atoms with Crippen molar-refractivity contribution in [3.05, 3.63) is 163 Å². The van der Waals surface area contributed by atoms with E-state index < -0.39 is 18.1 Å². The van der Waals surface area contributed by atoms with E-state index in [1.165, 1.54) is 13.1 Å². The predicted molar refractivity (Wildman–Crippen MR) is 244 cm³/mol. The van der Waals surface area contributed by atoms with Crippen LogP contribution in [0.1, 0.15) is 62.6 Å². The van der Waals surface area contributed by atoms with E-state index in [-0.39, 0.29) is 39.6 Å². The summed E-state index contributed by atoms with van der Waals surface area (Å²) >= 11 is 13.4. The summed E-state index contributed by atoms with van der Waals surface area (Å²) in [4.78, 5) is 24.2. The van der Waals surface area contributed by atoms with Crippen LogP contribution >= 0.6 is 23.2 Å². The predicted octanol–water partition coefficient (Wildman–Crippen LogP) is 8.72. The molecule has 0 aliphatic carbocycles. The summed E-state index contributed by atoms with van der Waals surface area (Å²) in [6.45, 7) is 5.86. The molecular formula is C49H47Cl2N5O8. The number of hydrogen-bond donors (Lipinski definition) is 4. The van der Waals surface area contributed by atoms with Crippen LogP contribution < -0.4 is 24.3 Å². The Kier molecular flexibility index (Phi) is 16.3. The molecule has 15 heteroatoms. The number of aliphatic carboxylic acids is 1. The Bertz CT molecular complexity index is 2690. The van der Waals surface area contributed by atoms with Crippen LogP contribution in [-0.4, -0.2) is 56.7 Å². The Morgan fingerprint density at radius 1 is 0.766 bits per heavy atom. The molecule has 13 nitrogen and oxygen atoms in total. The zero-order valence-electron chi connectivity index (χ0n) is 35.6. The number of carbonyl (C=O) groups is 1. The number of nitrogens with one attached hydrogen (secondary N) is 1. The minimum Gasteiger partial charge on any atom is -0.488 e. The van der Waals surface area contributed by atoms with Crippen LogP contribution in [-0.2, 0) is 44.4 Å². The van der Waals surface area contributed by atoms with Gasteiger partial charge in [0.05, 0.1) is 28.3 Å². The molecule has 330 valence electrons. The van der Waals surface area contributed by atoms with E-state index in [1.54, 1.807) is 62.2 Å². The molecule has 0 fully saturated rings. The second-order valence-corrected chi connectivity index (χ2v) is 15.7. The van der Waals surface area contributed by atoms with Crippen LogP contribution in [0.25, 0.3) is 11.1 Å². The molecule has 0 unspecified atom stereocenters. The Hall–Kier alpha value is -6.53. The van der Waals surface area contributed by atoms with E-state index in [9.17, 15) is 25.4 Å². The zero-order valence-corrected chi connectivity index (χ0v) is 37.2. The summed E-state index contributed by atoms with van der Waals surface area (Å²) in [5.41, 5.74) is 9.62. The SMILES string of the molecule is CN=Cc1cncc(COc2cc(OCc3cccc(-c4cccc(COc5cc(OCc6cncc(C#N)c6)c(CO)cc5Cl)c4C)c3C)c(Cl)cc2CN[C@H](C(=O)O)[C@@H](C)O)c1. The molecule has 2 aromatic heterocycles. The third-order valence-corrected chi connectivity index (χ3v) is 11.0. The van der Waals surface area contributed by atoms with Gasteiger partial charge in [-0.3, -0.25) is 25.1 Å². The summed E-state index contributed by atoms with van der Waals surface area (Å²) in [5, 5.41) is 42.4. The minimum absolute atomic E-state index is 0.0412. The van der Waals surface area contributed by atoms with Gasteiger partial charge in [-0.05, 0) is 78.4 Å². The van der Waals surface area contributed by atoms with E-state index in [2.05, 4.69) is 38.5 Å². The Morgan fingerprint density at radius 3 is 1.83 bits per heavy atom. The number of aliphatic hydroxyl groups excluding tert-OH is 2. The lowest BCUT2D eigenvalue weighted by molar-refractivity contribution is -0.142. The highest BCUT2D eigenvalue weighted by molar-refractivity contribution is 6.32. The van der Waals surface area contributed by atoms with Crippen LogP contribution in [0.3, 0.4) is 0 Å². The van der Waals surface area contributed by atoms with Crippen molar-refractivity contribution < 1.29 is 39.1 Å². The van der Waals surface area contributed by atoms with Crippen molar-refractivity contribution >= 4 is 35.4 Å². The fourth-order valence-electron chi connectivity index (χ4n) is 6.92. The van der Waals surface area contributed by atoms with E-state index in [4.69, 9.17) is 42.1 Å². The molecule has 64 heavy (non-hydrogen) atoms. The van der Waals surface area contributed by atoms with Gasteiger partial charge in [0, 0.05) is 84.5 Å². The largest absolute Gasteiger partial charge is 0.488 e. The first kappa shape index (κ1) is 47.0. The number of ether oxygens (including phenoxy) is 4. The Balaban J connectivity index is 1.19. The highest BCUT2D eigenvalue weighted by Gasteiger charge is 2.24. The number of hydrogen-bond acceptors (Lipinski definition) is 12. The number of halogens is 2. The van der Waals surface area contributed by atoms with Gasteiger partial charge in [0.1, 0.15) is 61.5 Å². The number of benzene rings is 4.